The highest BCUT2D eigenvalue weighted by Gasteiger charge is 2.52. The van der Waals surface area contributed by atoms with Gasteiger partial charge in [0.15, 0.2) is 0 Å². The number of hydrogen-bond donors (Lipinski definition) is 0. The lowest BCUT2D eigenvalue weighted by atomic mass is 9.59. The number of anilines is 3. The highest BCUT2D eigenvalue weighted by Crippen LogP contribution is 2.64. The molecule has 318 valence electrons. The van der Waals surface area contributed by atoms with E-state index in [1.54, 1.807) is 5.56 Å². The summed E-state index contributed by atoms with van der Waals surface area (Å²) in [5, 5.41) is 2.75. The van der Waals surface area contributed by atoms with Gasteiger partial charge in [0.05, 0.1) is 10.8 Å². The second-order valence-electron chi connectivity index (χ2n) is 19.3. The summed E-state index contributed by atoms with van der Waals surface area (Å²) in [6, 6.07) is 87.7. The molecule has 1 unspecified atom stereocenters. The van der Waals surface area contributed by atoms with Crippen LogP contribution in [0.4, 0.5) is 17.1 Å². The Morgan fingerprint density at radius 2 is 0.836 bits per heavy atom. The molecule has 4 aliphatic rings. The Labute approximate surface area is 393 Å². The molecule has 1 spiro atoms. The molecule has 1 fully saturated rings. The average Bonchev–Trinajstić information content (AvgIpc) is 3.86. The molecule has 1 nitrogen and oxygen atoms in total. The molecule has 0 radical (unpaired) electrons. The number of para-hydroxylation sites is 1. The summed E-state index contributed by atoms with van der Waals surface area (Å²) in [5.41, 5.74) is 22.8. The molecule has 4 aliphatic carbocycles. The van der Waals surface area contributed by atoms with Crippen LogP contribution in [0.2, 0.25) is 0 Å². The monoisotopic (exact) mass is 855 g/mol. The fourth-order valence-electron chi connectivity index (χ4n) is 13.5. The summed E-state index contributed by atoms with van der Waals surface area (Å²) in [5.74, 6) is 0.525. The molecule has 67 heavy (non-hydrogen) atoms. The van der Waals surface area contributed by atoms with Crippen molar-refractivity contribution in [3.05, 3.63) is 281 Å². The van der Waals surface area contributed by atoms with E-state index in [0.717, 1.165) is 17.1 Å². The van der Waals surface area contributed by atoms with Crippen molar-refractivity contribution in [3.8, 4) is 33.4 Å². The van der Waals surface area contributed by atoms with Gasteiger partial charge in [0.25, 0.3) is 0 Å². The first-order valence-electron chi connectivity index (χ1n) is 24.4. The number of nitrogens with zero attached hydrogens (tertiary/aromatic N) is 1. The Hall–Kier alpha value is -7.74. The van der Waals surface area contributed by atoms with Crippen molar-refractivity contribution in [2.45, 2.75) is 48.9 Å². The molecule has 10 aromatic rings. The third-order valence-corrected chi connectivity index (χ3v) is 16.1. The van der Waals surface area contributed by atoms with E-state index in [9.17, 15) is 0 Å². The molecule has 14 rings (SSSR count). The van der Waals surface area contributed by atoms with Crippen molar-refractivity contribution in [1.29, 1.82) is 0 Å². The van der Waals surface area contributed by atoms with Crippen LogP contribution in [0.25, 0.3) is 44.2 Å². The molecule has 1 atom stereocenters. The Kier molecular flexibility index (Phi) is 8.56. The molecule has 0 bridgehead atoms. The second kappa shape index (κ2) is 14.9. The predicted octanol–water partition coefficient (Wildman–Crippen LogP) is 17.1. The molecule has 0 N–H and O–H groups in total. The zero-order valence-corrected chi connectivity index (χ0v) is 37.5. The number of benzene rings is 10. The molecule has 0 heterocycles. The standard InChI is InChI=1S/C66H49N/c1-5-20-44(21-6-1)51-39-36-45-22-19-32-56-53-30-14-18-35-60(53)66(64(51)63(45)56)59-34-17-13-29-52(59)55-40-37-50(43-62(55)66)67(48-27-11-4-12-28-48)49-38-41-61-57(42-49)54-31-15-16-33-58(54)65(61,46-23-7-2-8-24-46)47-25-9-3-10-26-47/h2-4,7-19,22-44H,1,5-6,20-21H2. The van der Waals surface area contributed by atoms with Crippen molar-refractivity contribution < 1.29 is 0 Å². The van der Waals surface area contributed by atoms with Gasteiger partial charge in [-0.05, 0) is 149 Å². The third-order valence-electron chi connectivity index (χ3n) is 16.1. The Morgan fingerprint density at radius 3 is 1.51 bits per heavy atom. The van der Waals surface area contributed by atoms with Crippen LogP contribution in [0.5, 0.6) is 0 Å². The molecule has 0 aromatic heterocycles. The Morgan fingerprint density at radius 1 is 0.328 bits per heavy atom. The van der Waals surface area contributed by atoms with Gasteiger partial charge in [-0.2, -0.15) is 0 Å². The van der Waals surface area contributed by atoms with Gasteiger partial charge in [-0.3, -0.25) is 0 Å². The van der Waals surface area contributed by atoms with Gasteiger partial charge in [-0.1, -0.05) is 213 Å². The second-order valence-corrected chi connectivity index (χ2v) is 19.3. The molecular formula is C66H49N. The van der Waals surface area contributed by atoms with Crippen LogP contribution in [0.1, 0.15) is 88.1 Å². The number of fused-ring (bicyclic) bond motifs is 12. The molecular weight excluding hydrogens is 807 g/mol. The smallest absolute Gasteiger partial charge is 0.0729 e. The molecule has 1 saturated carbocycles. The predicted molar refractivity (Wildman–Crippen MR) is 278 cm³/mol. The van der Waals surface area contributed by atoms with Crippen LogP contribution >= 0.6 is 0 Å². The summed E-state index contributed by atoms with van der Waals surface area (Å²) in [6.45, 7) is 0. The van der Waals surface area contributed by atoms with Gasteiger partial charge in [0, 0.05) is 17.1 Å². The first kappa shape index (κ1) is 38.5. The van der Waals surface area contributed by atoms with Crippen molar-refractivity contribution in [1.82, 2.24) is 0 Å². The van der Waals surface area contributed by atoms with Crippen LogP contribution in [-0.4, -0.2) is 0 Å². The lowest BCUT2D eigenvalue weighted by molar-refractivity contribution is 0.440. The van der Waals surface area contributed by atoms with Crippen molar-refractivity contribution in [3.63, 3.8) is 0 Å². The van der Waals surface area contributed by atoms with Crippen LogP contribution in [0.3, 0.4) is 0 Å². The normalized spacial score (nSPS) is 17.1. The van der Waals surface area contributed by atoms with Crippen molar-refractivity contribution in [2.24, 2.45) is 0 Å². The highest BCUT2D eigenvalue weighted by atomic mass is 15.1. The van der Waals surface area contributed by atoms with Gasteiger partial charge in [0.1, 0.15) is 0 Å². The van der Waals surface area contributed by atoms with E-state index in [1.807, 2.05) is 0 Å². The summed E-state index contributed by atoms with van der Waals surface area (Å²) in [7, 11) is 0. The van der Waals surface area contributed by atoms with Gasteiger partial charge < -0.3 is 4.90 Å². The zero-order chi connectivity index (χ0) is 44.1. The number of rotatable bonds is 6. The van der Waals surface area contributed by atoms with E-state index in [2.05, 4.69) is 235 Å². The maximum atomic E-state index is 2.58. The first-order chi connectivity index (χ1) is 33.3. The van der Waals surface area contributed by atoms with Crippen LogP contribution < -0.4 is 4.90 Å². The average molecular weight is 856 g/mol. The first-order valence-corrected chi connectivity index (χ1v) is 24.4. The van der Waals surface area contributed by atoms with E-state index in [0.29, 0.717) is 5.92 Å². The van der Waals surface area contributed by atoms with E-state index in [1.165, 1.54) is 121 Å². The zero-order valence-electron chi connectivity index (χ0n) is 37.5. The fourth-order valence-corrected chi connectivity index (χ4v) is 13.5. The maximum Gasteiger partial charge on any atom is 0.0729 e. The summed E-state index contributed by atoms with van der Waals surface area (Å²) < 4.78 is 0. The fraction of sp³-hybridized carbons (Fsp3) is 0.121. The van der Waals surface area contributed by atoms with Crippen LogP contribution in [0, 0.1) is 0 Å². The molecule has 0 saturated heterocycles. The molecule has 1 heteroatoms. The van der Waals surface area contributed by atoms with E-state index in [4.69, 9.17) is 0 Å². The summed E-state index contributed by atoms with van der Waals surface area (Å²) in [6.07, 6.45) is 6.40. The lowest BCUT2D eigenvalue weighted by Crippen LogP contribution is -2.34. The van der Waals surface area contributed by atoms with Gasteiger partial charge >= 0.3 is 0 Å². The summed E-state index contributed by atoms with van der Waals surface area (Å²) >= 11 is 0. The topological polar surface area (TPSA) is 3.24 Å². The Balaban J connectivity index is 1.04. The minimum absolute atomic E-state index is 0.460. The Bertz CT molecular complexity index is 3520. The maximum absolute atomic E-state index is 2.58. The molecule has 0 aliphatic heterocycles. The van der Waals surface area contributed by atoms with Crippen LogP contribution in [-0.2, 0) is 10.8 Å². The summed E-state index contributed by atoms with van der Waals surface area (Å²) in [4.78, 5) is 2.51. The molecule has 0 amide bonds. The van der Waals surface area contributed by atoms with Gasteiger partial charge in [-0.15, -0.1) is 0 Å². The van der Waals surface area contributed by atoms with Crippen LogP contribution in [0.15, 0.2) is 231 Å². The van der Waals surface area contributed by atoms with E-state index >= 15 is 0 Å². The highest BCUT2D eigenvalue weighted by molar-refractivity contribution is 6.08. The number of hydrogen-bond acceptors (Lipinski definition) is 1. The quantitative estimate of drug-likeness (QED) is 0.161. The minimum atomic E-state index is -0.511. The van der Waals surface area contributed by atoms with Crippen molar-refractivity contribution in [2.75, 3.05) is 4.90 Å². The van der Waals surface area contributed by atoms with Gasteiger partial charge in [-0.25, -0.2) is 0 Å². The van der Waals surface area contributed by atoms with Gasteiger partial charge in [0.2, 0.25) is 0 Å². The lowest BCUT2D eigenvalue weighted by Gasteiger charge is -2.43. The SMILES string of the molecule is c1ccc(N(c2ccc3c(c2)-c2ccccc2C3(c2ccccc2)c2ccccc2)c2ccc3c(c2)C2(c4ccccc4-3)c3ccccc3-c3cccc4ccc(C5CCCCC5)c2c34)cc1. The minimum Gasteiger partial charge on any atom is -0.310 e. The molecule has 10 aromatic carbocycles. The van der Waals surface area contributed by atoms with Crippen molar-refractivity contribution >= 4 is 27.8 Å². The van der Waals surface area contributed by atoms with E-state index < -0.39 is 10.8 Å². The van der Waals surface area contributed by atoms with E-state index in [-0.39, 0.29) is 0 Å². The third kappa shape index (κ3) is 5.32. The largest absolute Gasteiger partial charge is 0.310 e.